The van der Waals surface area contributed by atoms with Crippen molar-refractivity contribution in [2.75, 3.05) is 19.7 Å². The standard InChI is InChI=1S/C20H18ClN7O4S/c21-15-9-22-8-13-2-1-3-16(20(13)15)33(30,31)27-7-6-14(10-27)24-18(29)11-32-19-5-4-17-25-23-12-28(17)26-19/h1-5,8-9,12,14H,6-7,10-11H2,(H,24,29). The summed E-state index contributed by atoms with van der Waals surface area (Å²) in [4.78, 5) is 16.5. The number of carbonyl (C=O) groups is 1. The van der Waals surface area contributed by atoms with E-state index in [1.165, 1.54) is 27.4 Å². The fourth-order valence-electron chi connectivity index (χ4n) is 3.77. The fraction of sp³-hybridized carbons (Fsp3) is 0.250. The lowest BCUT2D eigenvalue weighted by atomic mass is 10.2. The van der Waals surface area contributed by atoms with Gasteiger partial charge in [0.25, 0.3) is 5.91 Å². The number of fused-ring (bicyclic) bond motifs is 2. The monoisotopic (exact) mass is 487 g/mol. The van der Waals surface area contributed by atoms with Crippen LogP contribution in [-0.2, 0) is 14.8 Å². The Morgan fingerprint density at radius 1 is 1.24 bits per heavy atom. The highest BCUT2D eigenvalue weighted by Gasteiger charge is 2.34. The Hall–Kier alpha value is -3.35. The van der Waals surface area contributed by atoms with Crippen LogP contribution in [-0.4, -0.2) is 69.2 Å². The van der Waals surface area contributed by atoms with Crippen molar-refractivity contribution in [2.24, 2.45) is 0 Å². The van der Waals surface area contributed by atoms with Gasteiger partial charge in [-0.15, -0.1) is 15.3 Å². The molecular weight excluding hydrogens is 470 g/mol. The highest BCUT2D eigenvalue weighted by molar-refractivity contribution is 7.89. The predicted octanol–water partition coefficient (Wildman–Crippen LogP) is 1.28. The molecule has 1 atom stereocenters. The molecule has 1 N–H and O–H groups in total. The number of halogens is 1. The minimum absolute atomic E-state index is 0.123. The molecule has 0 aliphatic carbocycles. The predicted molar refractivity (Wildman–Crippen MR) is 118 cm³/mol. The Kier molecular flexibility index (Phi) is 5.56. The molecule has 4 heterocycles. The van der Waals surface area contributed by atoms with Gasteiger partial charge in [0, 0.05) is 48.4 Å². The Labute approximate surface area is 193 Å². The summed E-state index contributed by atoms with van der Waals surface area (Å²) in [5.74, 6) is -0.125. The van der Waals surface area contributed by atoms with Crippen LogP contribution in [0.3, 0.4) is 0 Å². The number of ether oxygens (including phenoxy) is 1. The van der Waals surface area contributed by atoms with Gasteiger partial charge < -0.3 is 10.1 Å². The maximum atomic E-state index is 13.3. The van der Waals surface area contributed by atoms with E-state index in [0.29, 0.717) is 22.8 Å². The first-order chi connectivity index (χ1) is 15.9. The Morgan fingerprint density at radius 2 is 2.12 bits per heavy atom. The van der Waals surface area contributed by atoms with Gasteiger partial charge in [0.05, 0.1) is 9.92 Å². The first-order valence-electron chi connectivity index (χ1n) is 10.0. The van der Waals surface area contributed by atoms with Crippen LogP contribution in [0.1, 0.15) is 6.42 Å². The summed E-state index contributed by atoms with van der Waals surface area (Å²) in [6, 6.07) is 7.87. The largest absolute Gasteiger partial charge is 0.467 e. The van der Waals surface area contributed by atoms with Gasteiger partial charge in [-0.2, -0.15) is 8.82 Å². The van der Waals surface area contributed by atoms with Crippen LogP contribution in [0.15, 0.2) is 53.9 Å². The van der Waals surface area contributed by atoms with E-state index in [2.05, 4.69) is 25.6 Å². The van der Waals surface area contributed by atoms with Crippen molar-refractivity contribution in [2.45, 2.75) is 17.4 Å². The van der Waals surface area contributed by atoms with Crippen LogP contribution in [0, 0.1) is 0 Å². The van der Waals surface area contributed by atoms with Gasteiger partial charge in [0.2, 0.25) is 15.9 Å². The molecule has 5 rings (SSSR count). The topological polar surface area (TPSA) is 132 Å². The van der Waals surface area contributed by atoms with Crippen molar-refractivity contribution in [3.63, 3.8) is 0 Å². The quantitative estimate of drug-likeness (QED) is 0.430. The number of nitrogens with one attached hydrogen (secondary N) is 1. The molecule has 11 nitrogen and oxygen atoms in total. The minimum atomic E-state index is -3.81. The van der Waals surface area contributed by atoms with Crippen molar-refractivity contribution < 1.29 is 17.9 Å². The minimum Gasteiger partial charge on any atom is -0.467 e. The zero-order valence-corrected chi connectivity index (χ0v) is 18.7. The van der Waals surface area contributed by atoms with Crippen LogP contribution in [0.2, 0.25) is 5.02 Å². The SMILES string of the molecule is O=C(COc1ccc2nncn2n1)NC1CCN(S(=O)(=O)c2cccc3cncc(Cl)c23)C1. The number of sulfonamides is 1. The van der Waals surface area contributed by atoms with Crippen molar-refractivity contribution in [3.8, 4) is 5.88 Å². The van der Waals surface area contributed by atoms with E-state index in [0.717, 1.165) is 0 Å². The van der Waals surface area contributed by atoms with Gasteiger partial charge in [-0.05, 0) is 18.6 Å². The van der Waals surface area contributed by atoms with E-state index in [1.807, 2.05) is 0 Å². The second-order valence-electron chi connectivity index (χ2n) is 7.49. The Bertz CT molecular complexity index is 1450. The van der Waals surface area contributed by atoms with E-state index in [9.17, 15) is 13.2 Å². The number of rotatable bonds is 6. The van der Waals surface area contributed by atoms with Crippen molar-refractivity contribution >= 4 is 44.0 Å². The molecule has 170 valence electrons. The van der Waals surface area contributed by atoms with Crippen LogP contribution in [0.4, 0.5) is 0 Å². The molecule has 0 saturated carbocycles. The average molecular weight is 488 g/mol. The molecule has 1 aliphatic rings. The van der Waals surface area contributed by atoms with Crippen LogP contribution in [0.25, 0.3) is 16.4 Å². The van der Waals surface area contributed by atoms with E-state index < -0.39 is 10.0 Å². The number of hydrogen-bond donors (Lipinski definition) is 1. The van der Waals surface area contributed by atoms with Crippen LogP contribution >= 0.6 is 11.6 Å². The molecule has 1 unspecified atom stereocenters. The normalized spacial score (nSPS) is 16.9. The molecule has 13 heteroatoms. The second-order valence-corrected chi connectivity index (χ2v) is 9.80. The smallest absolute Gasteiger partial charge is 0.258 e. The first kappa shape index (κ1) is 21.5. The lowest BCUT2D eigenvalue weighted by molar-refractivity contribution is -0.123. The van der Waals surface area contributed by atoms with Crippen molar-refractivity contribution in [1.29, 1.82) is 0 Å². The van der Waals surface area contributed by atoms with Gasteiger partial charge in [-0.25, -0.2) is 8.42 Å². The molecule has 4 aromatic rings. The van der Waals surface area contributed by atoms with Crippen molar-refractivity contribution in [1.82, 2.24) is 34.4 Å². The highest BCUT2D eigenvalue weighted by Crippen LogP contribution is 2.32. The Morgan fingerprint density at radius 3 is 3.00 bits per heavy atom. The number of hydrogen-bond acceptors (Lipinski definition) is 8. The van der Waals surface area contributed by atoms with Gasteiger partial charge in [-0.3, -0.25) is 9.78 Å². The summed E-state index contributed by atoms with van der Waals surface area (Å²) in [6.07, 6.45) is 4.90. The number of aromatic nitrogens is 5. The molecule has 33 heavy (non-hydrogen) atoms. The van der Waals surface area contributed by atoms with E-state index in [4.69, 9.17) is 16.3 Å². The van der Waals surface area contributed by atoms with Gasteiger partial charge in [-0.1, -0.05) is 23.7 Å². The van der Waals surface area contributed by atoms with Crippen LogP contribution in [0.5, 0.6) is 5.88 Å². The number of benzene rings is 1. The number of pyridine rings is 1. The molecule has 3 aromatic heterocycles. The van der Waals surface area contributed by atoms with Crippen LogP contribution < -0.4 is 10.1 Å². The third-order valence-electron chi connectivity index (χ3n) is 5.32. The summed E-state index contributed by atoms with van der Waals surface area (Å²) >= 11 is 6.25. The fourth-order valence-corrected chi connectivity index (χ4v) is 5.83. The number of amides is 1. The summed E-state index contributed by atoms with van der Waals surface area (Å²) in [5, 5.41) is 15.9. The van der Waals surface area contributed by atoms with Gasteiger partial charge in [0.15, 0.2) is 12.3 Å². The molecule has 1 fully saturated rings. The van der Waals surface area contributed by atoms with E-state index in [1.54, 1.807) is 30.5 Å². The van der Waals surface area contributed by atoms with Gasteiger partial charge in [0.1, 0.15) is 6.33 Å². The molecule has 1 saturated heterocycles. The molecule has 1 aliphatic heterocycles. The summed E-state index contributed by atoms with van der Waals surface area (Å²) in [7, 11) is -3.81. The number of nitrogens with zero attached hydrogens (tertiary/aromatic N) is 6. The third kappa shape index (κ3) is 4.19. The zero-order chi connectivity index (χ0) is 23.0. The summed E-state index contributed by atoms with van der Waals surface area (Å²) < 4.78 is 34.8. The maximum absolute atomic E-state index is 13.3. The second kappa shape index (κ2) is 8.54. The van der Waals surface area contributed by atoms with Gasteiger partial charge >= 0.3 is 0 Å². The van der Waals surface area contributed by atoms with Crippen molar-refractivity contribution in [3.05, 3.63) is 54.1 Å². The first-order valence-corrected chi connectivity index (χ1v) is 11.9. The molecule has 0 spiro atoms. The Balaban J connectivity index is 1.23. The molecule has 1 aromatic carbocycles. The molecule has 1 amide bonds. The highest BCUT2D eigenvalue weighted by atomic mass is 35.5. The van der Waals surface area contributed by atoms with E-state index >= 15 is 0 Å². The summed E-state index contributed by atoms with van der Waals surface area (Å²) in [5.41, 5.74) is 0.558. The zero-order valence-electron chi connectivity index (χ0n) is 17.1. The molecule has 0 bridgehead atoms. The molecular formula is C20H18ClN7O4S. The lowest BCUT2D eigenvalue weighted by Crippen LogP contribution is -2.40. The lowest BCUT2D eigenvalue weighted by Gasteiger charge is -2.18. The maximum Gasteiger partial charge on any atom is 0.258 e. The third-order valence-corrected chi connectivity index (χ3v) is 7.52. The molecule has 0 radical (unpaired) electrons. The average Bonchev–Trinajstić information content (AvgIpc) is 3.47. The summed E-state index contributed by atoms with van der Waals surface area (Å²) in [6.45, 7) is 0.174. The number of carbonyl (C=O) groups excluding carboxylic acids is 1. The van der Waals surface area contributed by atoms with E-state index in [-0.39, 0.29) is 47.4 Å².